The SMILES string of the molecule is CC(C)(C)[Si](OCC1(CO[Si](c2ccccc2)(c2ccccc2)C(C)(C)C)C/C(=C\c2ccccc2)C(=O)O1)(c1ccccc1)c1ccccc1. The molecule has 51 heavy (non-hydrogen) atoms. The predicted octanol–water partition coefficient (Wildman–Crippen LogP) is 7.91. The number of cyclic esters (lactones) is 1. The van der Waals surface area contributed by atoms with Gasteiger partial charge in [-0.25, -0.2) is 4.79 Å². The second-order valence-electron chi connectivity index (χ2n) is 15.7. The normalized spacial score (nSPS) is 15.9. The van der Waals surface area contributed by atoms with Crippen LogP contribution >= 0.6 is 0 Å². The van der Waals surface area contributed by atoms with Crippen molar-refractivity contribution in [2.75, 3.05) is 13.2 Å². The molecule has 6 rings (SSSR count). The van der Waals surface area contributed by atoms with Gasteiger partial charge in [0.15, 0.2) is 5.60 Å². The van der Waals surface area contributed by atoms with Crippen LogP contribution in [0.25, 0.3) is 6.08 Å². The zero-order valence-electron chi connectivity index (χ0n) is 30.8. The molecule has 5 aromatic carbocycles. The number of carbonyl (C=O) groups is 1. The number of carbonyl (C=O) groups excluding carboxylic acids is 1. The van der Waals surface area contributed by atoms with Gasteiger partial charge in [-0.1, -0.05) is 193 Å². The van der Waals surface area contributed by atoms with E-state index >= 15 is 0 Å². The van der Waals surface area contributed by atoms with Crippen LogP contribution < -0.4 is 20.7 Å². The summed E-state index contributed by atoms with van der Waals surface area (Å²) in [4.78, 5) is 13.9. The molecule has 6 heteroatoms. The van der Waals surface area contributed by atoms with E-state index in [-0.39, 0.29) is 29.3 Å². The summed E-state index contributed by atoms with van der Waals surface area (Å²) in [7, 11) is -5.95. The molecule has 5 aromatic rings. The Kier molecular flexibility index (Phi) is 10.5. The number of ether oxygens (including phenoxy) is 1. The summed E-state index contributed by atoms with van der Waals surface area (Å²) in [5.41, 5.74) is 0.525. The van der Waals surface area contributed by atoms with E-state index in [9.17, 15) is 4.79 Å². The third kappa shape index (κ3) is 7.24. The van der Waals surface area contributed by atoms with Crippen molar-refractivity contribution in [2.45, 2.75) is 63.6 Å². The van der Waals surface area contributed by atoms with Crippen LogP contribution in [-0.2, 0) is 18.4 Å². The second kappa shape index (κ2) is 14.7. The largest absolute Gasteiger partial charge is 0.451 e. The van der Waals surface area contributed by atoms with Crippen molar-refractivity contribution in [2.24, 2.45) is 0 Å². The first-order chi connectivity index (χ1) is 24.4. The van der Waals surface area contributed by atoms with Crippen molar-refractivity contribution in [1.82, 2.24) is 0 Å². The van der Waals surface area contributed by atoms with Crippen LogP contribution in [0.2, 0.25) is 10.1 Å². The Morgan fingerprint density at radius 2 is 0.863 bits per heavy atom. The molecule has 0 atom stereocenters. The molecule has 1 aliphatic heterocycles. The minimum absolute atomic E-state index is 0.191. The van der Waals surface area contributed by atoms with Crippen molar-refractivity contribution < 1.29 is 18.4 Å². The predicted molar refractivity (Wildman–Crippen MR) is 215 cm³/mol. The monoisotopic (exact) mass is 710 g/mol. The fraction of sp³-hybridized carbons (Fsp3) is 0.267. The van der Waals surface area contributed by atoms with Crippen molar-refractivity contribution in [3.05, 3.63) is 163 Å². The maximum Gasteiger partial charge on any atom is 0.334 e. The molecule has 0 N–H and O–H groups in total. The molecule has 1 heterocycles. The van der Waals surface area contributed by atoms with Gasteiger partial charge in [-0.3, -0.25) is 0 Å². The Balaban J connectivity index is 1.49. The van der Waals surface area contributed by atoms with Crippen LogP contribution in [0.1, 0.15) is 53.5 Å². The van der Waals surface area contributed by atoms with Gasteiger partial charge < -0.3 is 13.6 Å². The highest BCUT2D eigenvalue weighted by Crippen LogP contribution is 2.42. The number of hydrogen-bond donors (Lipinski definition) is 0. The minimum atomic E-state index is -2.98. The molecule has 0 amide bonds. The van der Waals surface area contributed by atoms with Crippen molar-refractivity contribution in [3.63, 3.8) is 0 Å². The molecule has 0 aromatic heterocycles. The third-order valence-electron chi connectivity index (χ3n) is 10.2. The first kappa shape index (κ1) is 36.5. The first-order valence-corrected chi connectivity index (χ1v) is 21.7. The van der Waals surface area contributed by atoms with Crippen LogP contribution in [0.3, 0.4) is 0 Å². The number of esters is 1. The van der Waals surface area contributed by atoms with Gasteiger partial charge in [-0.2, -0.15) is 0 Å². The first-order valence-electron chi connectivity index (χ1n) is 17.9. The summed E-state index contributed by atoms with van der Waals surface area (Å²) < 4.78 is 21.6. The Morgan fingerprint density at radius 1 is 0.549 bits per heavy atom. The Morgan fingerprint density at radius 3 is 1.18 bits per heavy atom. The van der Waals surface area contributed by atoms with Crippen LogP contribution in [-0.4, -0.2) is 41.4 Å². The van der Waals surface area contributed by atoms with E-state index in [1.807, 2.05) is 36.4 Å². The van der Waals surface area contributed by atoms with Gasteiger partial charge in [0.1, 0.15) is 0 Å². The fourth-order valence-electron chi connectivity index (χ4n) is 7.78. The maximum atomic E-state index is 13.9. The molecule has 0 unspecified atom stereocenters. The lowest BCUT2D eigenvalue weighted by atomic mass is 9.98. The van der Waals surface area contributed by atoms with E-state index < -0.39 is 22.2 Å². The summed E-state index contributed by atoms with van der Waals surface area (Å²) in [6.07, 6.45) is 2.33. The van der Waals surface area contributed by atoms with E-state index in [2.05, 4.69) is 163 Å². The standard InChI is InChI=1S/C45H50O4Si2/c1-43(2,3)50(38-24-14-8-15-25-38,39-26-16-9-17-27-39)47-34-45(33-37(42(46)49-45)32-36-22-12-7-13-23-36)35-48-51(44(4,5)6,40-28-18-10-19-29-40)41-30-20-11-21-31-41/h7-32H,33-35H2,1-6H3/b37-32+. The molecule has 0 radical (unpaired) electrons. The Labute approximate surface area is 306 Å². The van der Waals surface area contributed by atoms with E-state index in [4.69, 9.17) is 13.6 Å². The van der Waals surface area contributed by atoms with E-state index in [0.717, 1.165) is 5.56 Å². The lowest BCUT2D eigenvalue weighted by molar-refractivity contribution is -0.152. The highest BCUT2D eigenvalue weighted by Gasteiger charge is 2.56. The molecule has 0 aliphatic carbocycles. The highest BCUT2D eigenvalue weighted by atomic mass is 28.4. The summed E-state index contributed by atoms with van der Waals surface area (Å²) in [5.74, 6) is -0.323. The average molecular weight is 711 g/mol. The molecule has 0 spiro atoms. The van der Waals surface area contributed by atoms with Crippen LogP contribution in [0, 0.1) is 0 Å². The van der Waals surface area contributed by atoms with Crippen LogP contribution in [0.4, 0.5) is 0 Å². The van der Waals surface area contributed by atoms with Gasteiger partial charge in [-0.05, 0) is 42.5 Å². The molecule has 1 aliphatic rings. The summed E-state index contributed by atoms with van der Waals surface area (Å²) >= 11 is 0. The van der Waals surface area contributed by atoms with Gasteiger partial charge in [0.2, 0.25) is 0 Å². The third-order valence-corrected chi connectivity index (χ3v) is 20.1. The topological polar surface area (TPSA) is 44.8 Å². The molecular weight excluding hydrogens is 661 g/mol. The summed E-state index contributed by atoms with van der Waals surface area (Å²) in [6, 6.07) is 52.4. The molecule has 0 saturated carbocycles. The van der Waals surface area contributed by atoms with Crippen LogP contribution in [0.15, 0.2) is 157 Å². The maximum absolute atomic E-state index is 13.9. The average Bonchev–Trinajstić information content (AvgIpc) is 3.44. The van der Waals surface area contributed by atoms with Crippen LogP contribution in [0.5, 0.6) is 0 Å². The highest BCUT2D eigenvalue weighted by molar-refractivity contribution is 7.00. The molecule has 1 fully saturated rings. The molecule has 1 saturated heterocycles. The quantitative estimate of drug-likeness (QED) is 0.0795. The molecular formula is C45H50O4Si2. The molecule has 0 bridgehead atoms. The lowest BCUT2D eigenvalue weighted by Gasteiger charge is -2.46. The van der Waals surface area contributed by atoms with Crippen molar-refractivity contribution in [1.29, 1.82) is 0 Å². The smallest absolute Gasteiger partial charge is 0.334 e. The van der Waals surface area contributed by atoms with Gasteiger partial charge in [0, 0.05) is 12.0 Å². The zero-order chi connectivity index (χ0) is 36.2. The van der Waals surface area contributed by atoms with E-state index in [0.29, 0.717) is 12.0 Å². The number of hydrogen-bond acceptors (Lipinski definition) is 4. The fourth-order valence-corrected chi connectivity index (χ4v) is 17.1. The lowest BCUT2D eigenvalue weighted by Crippen LogP contribution is -2.69. The Hall–Kier alpha value is -4.34. The summed E-state index contributed by atoms with van der Waals surface area (Å²) in [6.45, 7) is 14.0. The van der Waals surface area contributed by atoms with Gasteiger partial charge >= 0.3 is 5.97 Å². The van der Waals surface area contributed by atoms with Crippen molar-refractivity contribution >= 4 is 49.4 Å². The summed E-state index contributed by atoms with van der Waals surface area (Å²) in [5, 5.41) is 4.21. The van der Waals surface area contributed by atoms with Gasteiger partial charge in [-0.15, -0.1) is 0 Å². The number of rotatable bonds is 11. The zero-order valence-corrected chi connectivity index (χ0v) is 32.8. The van der Waals surface area contributed by atoms with Gasteiger partial charge in [0.25, 0.3) is 16.6 Å². The van der Waals surface area contributed by atoms with E-state index in [1.165, 1.54) is 20.7 Å². The van der Waals surface area contributed by atoms with E-state index in [1.54, 1.807) is 0 Å². The molecule has 4 nitrogen and oxygen atoms in total. The Bertz CT molecular complexity index is 1730. The number of benzene rings is 5. The van der Waals surface area contributed by atoms with Gasteiger partial charge in [0.05, 0.1) is 13.2 Å². The molecule has 262 valence electrons. The second-order valence-corrected chi connectivity index (χ2v) is 24.3. The van der Waals surface area contributed by atoms with Crippen molar-refractivity contribution in [3.8, 4) is 0 Å². The minimum Gasteiger partial charge on any atom is -0.451 e.